The Morgan fingerprint density at radius 1 is 0.667 bits per heavy atom. The molecule has 3 amide bonds. The van der Waals surface area contributed by atoms with Crippen molar-refractivity contribution in [2.75, 3.05) is 24.5 Å². The highest BCUT2D eigenvalue weighted by molar-refractivity contribution is 5.97. The van der Waals surface area contributed by atoms with Crippen LogP contribution in [0.5, 0.6) is 0 Å². The number of rotatable bonds is 31. The zero-order valence-corrected chi connectivity index (χ0v) is 37.0. The second-order valence-electron chi connectivity index (χ2n) is 15.8. The first-order chi connectivity index (χ1) is 29.8. The lowest BCUT2D eigenvalue weighted by Crippen LogP contribution is -2.49. The van der Waals surface area contributed by atoms with Crippen molar-refractivity contribution in [3.05, 3.63) is 59.9 Å². The van der Waals surface area contributed by atoms with Crippen LogP contribution in [0.25, 0.3) is 12.2 Å². The molecule has 4 atom stereocenters. The summed E-state index contributed by atoms with van der Waals surface area (Å²) in [4.78, 5) is 114. The van der Waals surface area contributed by atoms with Crippen LogP contribution in [0, 0.1) is 17.8 Å². The van der Waals surface area contributed by atoms with E-state index in [1.807, 2.05) is 35.2 Å². The predicted molar refractivity (Wildman–Crippen MR) is 234 cm³/mol. The number of hydrogen-bond acceptors (Lipinski definition) is 10. The maximum absolute atomic E-state index is 13.5. The number of Topliss-reactive ketones (excluding diaryl/α,β-unsaturated/α-hetero) is 3. The van der Waals surface area contributed by atoms with Gasteiger partial charge in [0.1, 0.15) is 12.3 Å². The summed E-state index contributed by atoms with van der Waals surface area (Å²) in [5.74, 6) is -11.0. The molecule has 0 aliphatic rings. The molecule has 0 unspecified atom stereocenters. The lowest BCUT2D eigenvalue weighted by Gasteiger charge is -2.26. The van der Waals surface area contributed by atoms with Crippen molar-refractivity contribution in [2.45, 2.75) is 117 Å². The molecule has 0 aliphatic carbocycles. The normalized spacial score (nSPS) is 13.0. The summed E-state index contributed by atoms with van der Waals surface area (Å²) < 4.78 is 2.00. The number of ketones is 3. The monoisotopic (exact) mass is 878 g/mol. The Morgan fingerprint density at radius 2 is 1.24 bits per heavy atom. The molecule has 0 saturated heterocycles. The highest BCUT2D eigenvalue weighted by Crippen LogP contribution is 2.20. The molecule has 0 saturated carbocycles. The first-order valence-electron chi connectivity index (χ1n) is 21.4. The number of amides is 3. The van der Waals surface area contributed by atoms with Gasteiger partial charge >= 0.3 is 17.9 Å². The minimum Gasteiger partial charge on any atom is -0.481 e. The van der Waals surface area contributed by atoms with Crippen LogP contribution >= 0.6 is 0 Å². The number of carboxylic acids is 3. The number of aliphatic carboxylic acids is 3. The fourth-order valence-corrected chi connectivity index (χ4v) is 6.93. The molecule has 1 aromatic heterocycles. The van der Waals surface area contributed by atoms with Gasteiger partial charge in [-0.2, -0.15) is 0 Å². The number of nitrogens with one attached hydrogen (secondary N) is 3. The molecule has 17 nitrogen and oxygen atoms in total. The van der Waals surface area contributed by atoms with Gasteiger partial charge in [-0.15, -0.1) is 0 Å². The number of aryl methyl sites for hydroxylation is 1. The quantitative estimate of drug-likeness (QED) is 0.0466. The molecule has 0 radical (unpaired) electrons. The van der Waals surface area contributed by atoms with E-state index in [1.165, 1.54) is 5.69 Å². The maximum Gasteiger partial charge on any atom is 0.305 e. The largest absolute Gasteiger partial charge is 0.481 e. The molecule has 17 heteroatoms. The van der Waals surface area contributed by atoms with E-state index in [9.17, 15) is 58.5 Å². The van der Waals surface area contributed by atoms with Crippen LogP contribution in [0.15, 0.2) is 48.8 Å². The fraction of sp³-hybridized carbons (Fsp3) is 0.522. The number of anilines is 1. The van der Waals surface area contributed by atoms with E-state index in [0.29, 0.717) is 25.8 Å². The molecule has 63 heavy (non-hydrogen) atoms. The second-order valence-corrected chi connectivity index (χ2v) is 15.8. The van der Waals surface area contributed by atoms with Crippen LogP contribution in [0.1, 0.15) is 110 Å². The van der Waals surface area contributed by atoms with Crippen molar-refractivity contribution in [2.24, 2.45) is 17.8 Å². The first-order valence-corrected chi connectivity index (χ1v) is 21.4. The Kier molecular flexibility index (Phi) is 23.2. The van der Waals surface area contributed by atoms with Crippen molar-refractivity contribution in [3.63, 3.8) is 0 Å². The highest BCUT2D eigenvalue weighted by atomic mass is 16.4. The van der Waals surface area contributed by atoms with Gasteiger partial charge < -0.3 is 36.2 Å². The fourth-order valence-electron chi connectivity index (χ4n) is 6.93. The highest BCUT2D eigenvalue weighted by Gasteiger charge is 2.34. The van der Waals surface area contributed by atoms with E-state index in [0.717, 1.165) is 31.1 Å². The first kappa shape index (κ1) is 52.9. The Bertz CT molecular complexity index is 1890. The third-order valence-corrected chi connectivity index (χ3v) is 10.4. The van der Waals surface area contributed by atoms with Gasteiger partial charge in [0.2, 0.25) is 17.7 Å². The summed E-state index contributed by atoms with van der Waals surface area (Å²) in [7, 11) is 0. The smallest absolute Gasteiger partial charge is 0.305 e. The molecule has 344 valence electrons. The summed E-state index contributed by atoms with van der Waals surface area (Å²) >= 11 is 0. The molecule has 2 rings (SSSR count). The predicted octanol–water partition coefficient (Wildman–Crippen LogP) is 3.85. The summed E-state index contributed by atoms with van der Waals surface area (Å²) in [5.41, 5.74) is 3.33. The van der Waals surface area contributed by atoms with Crippen LogP contribution in [0.2, 0.25) is 0 Å². The van der Waals surface area contributed by atoms with E-state index >= 15 is 0 Å². The Morgan fingerprint density at radius 3 is 1.78 bits per heavy atom. The summed E-state index contributed by atoms with van der Waals surface area (Å²) in [6.45, 7) is 11.1. The zero-order valence-electron chi connectivity index (χ0n) is 37.0. The van der Waals surface area contributed by atoms with Gasteiger partial charge in [0, 0.05) is 88.8 Å². The Balaban J connectivity index is 1.91. The van der Waals surface area contributed by atoms with Gasteiger partial charge in [-0.1, -0.05) is 38.1 Å². The van der Waals surface area contributed by atoms with Crippen LogP contribution in [0.4, 0.5) is 5.69 Å². The minimum absolute atomic E-state index is 0.0000705. The van der Waals surface area contributed by atoms with Gasteiger partial charge in [0.05, 0.1) is 30.8 Å². The maximum atomic E-state index is 13.5. The topological polar surface area (TPSA) is 258 Å². The molecular weight excluding hydrogens is 815 g/mol. The van der Waals surface area contributed by atoms with E-state index in [1.54, 1.807) is 13.8 Å². The molecule has 0 bridgehead atoms. The van der Waals surface area contributed by atoms with Crippen LogP contribution < -0.4 is 25.4 Å². The molecular formula is C46H64N5O12+. The minimum atomic E-state index is -1.48. The van der Waals surface area contributed by atoms with Gasteiger partial charge in [0.25, 0.3) is 0 Å². The summed E-state index contributed by atoms with van der Waals surface area (Å²) in [6.07, 6.45) is 5.87. The van der Waals surface area contributed by atoms with E-state index < -0.39 is 109 Å². The number of carboxylic acid groups (broad SMARTS) is 3. The molecule has 0 aliphatic heterocycles. The van der Waals surface area contributed by atoms with Crippen LogP contribution in [-0.2, 0) is 49.7 Å². The number of aromatic nitrogens is 1. The van der Waals surface area contributed by atoms with E-state index in [2.05, 4.69) is 65.0 Å². The Hall–Kier alpha value is -6.26. The van der Waals surface area contributed by atoms with Crippen molar-refractivity contribution in [1.82, 2.24) is 16.0 Å². The average Bonchev–Trinajstić information content (AvgIpc) is 3.22. The number of nitrogens with zero attached hydrogens (tertiary/aromatic N) is 2. The SMILES string of the molecule is CCN(CC)c1ccc(C=Cc2cc[n+](CCCC(=O)CCCNC(=O)[C@@H](CC(=O)O)CC(=O)[C@H](NC(=O)[C@@H](CCC(=O)O)CC(=O)[C@@H](CC(=O)O)NC(C)=O)C(C)C)cc2)cc1. The summed E-state index contributed by atoms with van der Waals surface area (Å²) in [6, 6.07) is 9.69. The van der Waals surface area contributed by atoms with Crippen molar-refractivity contribution in [1.29, 1.82) is 0 Å². The lowest BCUT2D eigenvalue weighted by atomic mass is 9.88. The average molecular weight is 879 g/mol. The van der Waals surface area contributed by atoms with Gasteiger partial charge in [-0.25, -0.2) is 4.57 Å². The molecule has 1 aromatic carbocycles. The number of hydrogen-bond donors (Lipinski definition) is 6. The third kappa shape index (κ3) is 20.4. The second kappa shape index (κ2) is 27.6. The number of pyridine rings is 1. The van der Waals surface area contributed by atoms with Gasteiger partial charge in [0.15, 0.2) is 24.0 Å². The molecule has 0 fully saturated rings. The summed E-state index contributed by atoms with van der Waals surface area (Å²) in [5, 5.41) is 35.3. The van der Waals surface area contributed by atoms with Crippen LogP contribution in [-0.4, -0.2) is 100 Å². The van der Waals surface area contributed by atoms with Crippen LogP contribution in [0.3, 0.4) is 0 Å². The number of carbonyl (C=O) groups excluding carboxylic acids is 6. The standard InChI is InChI=1S/C46H63N5O12/c1-6-51(7-2)36-17-14-32(15-18-36)12-13-33-20-24-50(25-21-33)23-9-11-37(53)10-8-22-47-45(62)35(28-42(58)59)27-40(55)44(30(3)4)49-46(63)34(16-19-41(56)57)26-39(54)38(29-43(60)61)48-31(5)52/h12-15,17-18,20-21,24-25,30,34-35,38,44H,6-11,16,19,22-23,26-29H2,1-5H3,(H5-,47,48,49,52,56,57,58,59,60,61,62,63)/p+1/t34-,35+,38+,44+/m0/s1. The van der Waals surface area contributed by atoms with E-state index in [4.69, 9.17) is 0 Å². The lowest BCUT2D eigenvalue weighted by molar-refractivity contribution is -0.697. The van der Waals surface area contributed by atoms with Crippen molar-refractivity contribution < 1.29 is 63.0 Å². The zero-order chi connectivity index (χ0) is 47.1. The van der Waals surface area contributed by atoms with E-state index in [-0.39, 0.29) is 25.2 Å². The third-order valence-electron chi connectivity index (χ3n) is 10.4. The molecule has 2 aromatic rings. The molecule has 6 N–H and O–H groups in total. The van der Waals surface area contributed by atoms with Gasteiger partial charge in [-0.05, 0) is 55.9 Å². The van der Waals surface area contributed by atoms with Gasteiger partial charge in [-0.3, -0.25) is 43.2 Å². The molecule has 0 spiro atoms. The number of carbonyl (C=O) groups is 9. The number of benzene rings is 1. The molecule has 1 heterocycles. The Labute approximate surface area is 368 Å². The van der Waals surface area contributed by atoms with Crippen molar-refractivity contribution >= 4 is 70.8 Å². The van der Waals surface area contributed by atoms with Crippen molar-refractivity contribution in [3.8, 4) is 0 Å².